The van der Waals surface area contributed by atoms with E-state index in [1.807, 2.05) is 0 Å². The zero-order valence-corrected chi connectivity index (χ0v) is 11.3. The van der Waals surface area contributed by atoms with Crippen LogP contribution in [-0.2, 0) is 13.1 Å². The lowest BCUT2D eigenvalue weighted by Gasteiger charge is -2.24. The van der Waals surface area contributed by atoms with E-state index < -0.39 is 0 Å². The number of nitrogens with one attached hydrogen (secondary N) is 1. The molecule has 0 aliphatic carbocycles. The standard InChI is InChI=1S/C15H22N2O/c1-15(6-7-17(2)10-15)11-18-14-5-3-4-12-8-16-9-13(12)14/h3-5,16H,6-11H2,1-2H3. The number of likely N-dealkylation sites (tertiary alicyclic amines) is 1. The van der Waals surface area contributed by atoms with Crippen LogP contribution >= 0.6 is 0 Å². The molecule has 1 N–H and O–H groups in total. The SMILES string of the molecule is CN1CCC(C)(COc2cccc3c2CNC3)C1. The van der Waals surface area contributed by atoms with Gasteiger partial charge in [0.25, 0.3) is 0 Å². The highest BCUT2D eigenvalue weighted by Gasteiger charge is 2.33. The third-order valence-electron chi connectivity index (χ3n) is 4.17. The van der Waals surface area contributed by atoms with E-state index in [9.17, 15) is 0 Å². The number of benzene rings is 1. The van der Waals surface area contributed by atoms with Crippen molar-refractivity contribution in [2.24, 2.45) is 5.41 Å². The van der Waals surface area contributed by atoms with Crippen molar-refractivity contribution in [3.8, 4) is 5.75 Å². The van der Waals surface area contributed by atoms with Crippen LogP contribution in [0.25, 0.3) is 0 Å². The Labute approximate surface area is 109 Å². The molecule has 0 aromatic heterocycles. The molecule has 3 rings (SSSR count). The molecule has 0 amide bonds. The van der Waals surface area contributed by atoms with Crippen LogP contribution in [0.4, 0.5) is 0 Å². The first-order chi connectivity index (χ1) is 8.66. The van der Waals surface area contributed by atoms with Gasteiger partial charge in [0.15, 0.2) is 0 Å². The highest BCUT2D eigenvalue weighted by atomic mass is 16.5. The largest absolute Gasteiger partial charge is 0.493 e. The summed E-state index contributed by atoms with van der Waals surface area (Å²) in [5.41, 5.74) is 3.05. The Bertz CT molecular complexity index is 446. The summed E-state index contributed by atoms with van der Waals surface area (Å²) < 4.78 is 6.12. The fourth-order valence-corrected chi connectivity index (χ4v) is 3.08. The topological polar surface area (TPSA) is 24.5 Å². The van der Waals surface area contributed by atoms with E-state index in [4.69, 9.17) is 4.74 Å². The molecule has 1 atom stereocenters. The van der Waals surface area contributed by atoms with Crippen molar-refractivity contribution in [1.29, 1.82) is 0 Å². The predicted octanol–water partition coefficient (Wildman–Crippen LogP) is 2.01. The van der Waals surface area contributed by atoms with E-state index in [1.54, 1.807) is 0 Å². The van der Waals surface area contributed by atoms with Crippen molar-refractivity contribution in [2.45, 2.75) is 26.4 Å². The zero-order valence-electron chi connectivity index (χ0n) is 11.3. The minimum atomic E-state index is 0.309. The Morgan fingerprint density at radius 1 is 1.39 bits per heavy atom. The van der Waals surface area contributed by atoms with E-state index in [1.165, 1.54) is 24.1 Å². The Balaban J connectivity index is 1.69. The second kappa shape index (κ2) is 4.56. The summed E-state index contributed by atoms with van der Waals surface area (Å²) >= 11 is 0. The lowest BCUT2D eigenvalue weighted by atomic mass is 9.91. The minimum absolute atomic E-state index is 0.309. The average Bonchev–Trinajstić information content (AvgIpc) is 2.94. The number of nitrogens with zero attached hydrogens (tertiary/aromatic N) is 1. The number of hydrogen-bond donors (Lipinski definition) is 1. The molecular formula is C15H22N2O. The van der Waals surface area contributed by atoms with Crippen molar-refractivity contribution >= 4 is 0 Å². The zero-order chi connectivity index (χ0) is 12.6. The summed E-state index contributed by atoms with van der Waals surface area (Å²) in [5, 5.41) is 3.38. The third kappa shape index (κ3) is 2.25. The summed E-state index contributed by atoms with van der Waals surface area (Å²) in [5.74, 6) is 1.08. The molecule has 0 bridgehead atoms. The molecule has 0 radical (unpaired) electrons. The molecule has 2 heterocycles. The molecule has 0 spiro atoms. The normalized spacial score (nSPS) is 27.4. The molecule has 1 aromatic rings. The van der Waals surface area contributed by atoms with Gasteiger partial charge in [-0.3, -0.25) is 0 Å². The maximum atomic E-state index is 6.12. The molecule has 0 saturated carbocycles. The van der Waals surface area contributed by atoms with Crippen LogP contribution in [0.3, 0.4) is 0 Å². The third-order valence-corrected chi connectivity index (χ3v) is 4.17. The molecule has 2 aliphatic rings. The summed E-state index contributed by atoms with van der Waals surface area (Å²) in [6.07, 6.45) is 1.23. The van der Waals surface area contributed by atoms with E-state index in [0.29, 0.717) is 5.41 Å². The Morgan fingerprint density at radius 3 is 3.06 bits per heavy atom. The summed E-state index contributed by atoms with van der Waals surface area (Å²) in [7, 11) is 2.19. The van der Waals surface area contributed by atoms with Gasteiger partial charge in [0.05, 0.1) is 6.61 Å². The van der Waals surface area contributed by atoms with Crippen LogP contribution in [0.5, 0.6) is 5.75 Å². The van der Waals surface area contributed by atoms with E-state index in [0.717, 1.165) is 32.0 Å². The second-order valence-electron chi connectivity index (χ2n) is 6.08. The number of fused-ring (bicyclic) bond motifs is 1. The van der Waals surface area contributed by atoms with Gasteiger partial charge in [-0.2, -0.15) is 0 Å². The molecule has 3 heteroatoms. The first-order valence-electron chi connectivity index (χ1n) is 6.79. The van der Waals surface area contributed by atoms with E-state index in [-0.39, 0.29) is 0 Å². The number of ether oxygens (including phenoxy) is 1. The molecule has 1 saturated heterocycles. The van der Waals surface area contributed by atoms with Crippen LogP contribution in [0.1, 0.15) is 24.5 Å². The maximum Gasteiger partial charge on any atom is 0.124 e. The quantitative estimate of drug-likeness (QED) is 0.883. The lowest BCUT2D eigenvalue weighted by molar-refractivity contribution is 0.167. The highest BCUT2D eigenvalue weighted by molar-refractivity contribution is 5.42. The molecule has 3 nitrogen and oxygen atoms in total. The second-order valence-corrected chi connectivity index (χ2v) is 6.08. The van der Waals surface area contributed by atoms with Crippen LogP contribution < -0.4 is 10.1 Å². The number of hydrogen-bond acceptors (Lipinski definition) is 3. The number of rotatable bonds is 3. The molecule has 1 fully saturated rings. The Hall–Kier alpha value is -1.06. The lowest BCUT2D eigenvalue weighted by Crippen LogP contribution is -2.28. The summed E-state index contributed by atoms with van der Waals surface area (Å²) in [4.78, 5) is 2.39. The van der Waals surface area contributed by atoms with Crippen LogP contribution in [-0.4, -0.2) is 31.6 Å². The average molecular weight is 246 g/mol. The first kappa shape index (κ1) is 12.0. The van der Waals surface area contributed by atoms with Crippen molar-refractivity contribution in [3.63, 3.8) is 0 Å². The van der Waals surface area contributed by atoms with Gasteiger partial charge in [-0.25, -0.2) is 0 Å². The Kier molecular flexibility index (Phi) is 3.04. The van der Waals surface area contributed by atoms with Gasteiger partial charge in [0.1, 0.15) is 5.75 Å². The van der Waals surface area contributed by atoms with Gasteiger partial charge in [0.2, 0.25) is 0 Å². The highest BCUT2D eigenvalue weighted by Crippen LogP contribution is 2.32. The fraction of sp³-hybridized carbons (Fsp3) is 0.600. The van der Waals surface area contributed by atoms with Crippen molar-refractivity contribution in [1.82, 2.24) is 10.2 Å². The molecule has 1 aromatic carbocycles. The van der Waals surface area contributed by atoms with Crippen molar-refractivity contribution in [2.75, 3.05) is 26.7 Å². The molecule has 1 unspecified atom stereocenters. The van der Waals surface area contributed by atoms with Crippen LogP contribution in [0, 0.1) is 5.41 Å². The van der Waals surface area contributed by atoms with E-state index in [2.05, 4.69) is 42.4 Å². The van der Waals surface area contributed by atoms with Crippen LogP contribution in [0.15, 0.2) is 18.2 Å². The molecule has 98 valence electrons. The van der Waals surface area contributed by atoms with Gasteiger partial charge in [0, 0.05) is 30.6 Å². The smallest absolute Gasteiger partial charge is 0.124 e. The van der Waals surface area contributed by atoms with Gasteiger partial charge in [-0.1, -0.05) is 19.1 Å². The fourth-order valence-electron chi connectivity index (χ4n) is 3.08. The van der Waals surface area contributed by atoms with Gasteiger partial charge in [-0.05, 0) is 31.6 Å². The Morgan fingerprint density at radius 2 is 2.28 bits per heavy atom. The van der Waals surface area contributed by atoms with Crippen LogP contribution in [0.2, 0.25) is 0 Å². The van der Waals surface area contributed by atoms with Crippen molar-refractivity contribution in [3.05, 3.63) is 29.3 Å². The monoisotopic (exact) mass is 246 g/mol. The van der Waals surface area contributed by atoms with Gasteiger partial charge in [-0.15, -0.1) is 0 Å². The minimum Gasteiger partial charge on any atom is -0.493 e. The molecular weight excluding hydrogens is 224 g/mol. The summed E-state index contributed by atoms with van der Waals surface area (Å²) in [6, 6.07) is 6.39. The molecule has 2 aliphatic heterocycles. The first-order valence-corrected chi connectivity index (χ1v) is 6.79. The predicted molar refractivity (Wildman–Crippen MR) is 72.7 cm³/mol. The molecule has 18 heavy (non-hydrogen) atoms. The van der Waals surface area contributed by atoms with Gasteiger partial charge >= 0.3 is 0 Å². The van der Waals surface area contributed by atoms with E-state index >= 15 is 0 Å². The maximum absolute atomic E-state index is 6.12. The van der Waals surface area contributed by atoms with Gasteiger partial charge < -0.3 is 15.0 Å². The summed E-state index contributed by atoms with van der Waals surface area (Å²) in [6.45, 7) is 7.41. The van der Waals surface area contributed by atoms with Crippen molar-refractivity contribution < 1.29 is 4.74 Å².